The van der Waals surface area contributed by atoms with Gasteiger partial charge < -0.3 is 20.1 Å². The number of rotatable bonds is 4. The summed E-state index contributed by atoms with van der Waals surface area (Å²) in [5, 5.41) is 25.6. The van der Waals surface area contributed by atoms with Crippen LogP contribution in [0, 0.1) is 13.8 Å². The zero-order chi connectivity index (χ0) is 12.3. The molecular weight excluding hydrogens is 212 g/mol. The number of aromatic nitrogens is 1. The first kappa shape index (κ1) is 12.7. The lowest BCUT2D eigenvalue weighted by atomic mass is 10.0. The number of amides is 1. The van der Waals surface area contributed by atoms with E-state index in [1.54, 1.807) is 13.8 Å². The molecule has 0 fully saturated rings. The molecule has 0 bridgehead atoms. The lowest BCUT2D eigenvalue weighted by molar-refractivity contribution is -0.119. The summed E-state index contributed by atoms with van der Waals surface area (Å²) in [6, 6.07) is 0. The number of hydrogen-bond acceptors (Lipinski definition) is 5. The van der Waals surface area contributed by atoms with Crippen LogP contribution in [0.15, 0.2) is 4.52 Å². The molecule has 0 aliphatic heterocycles. The fraction of sp³-hybridized carbons (Fsp3) is 0.600. The summed E-state index contributed by atoms with van der Waals surface area (Å²) in [4.78, 5) is 10.7. The van der Waals surface area contributed by atoms with E-state index in [-0.39, 0.29) is 12.5 Å². The zero-order valence-corrected chi connectivity index (χ0v) is 9.52. The smallest absolute Gasteiger partial charge is 0.216 e. The van der Waals surface area contributed by atoms with Crippen LogP contribution in [0.5, 0.6) is 0 Å². The molecule has 0 saturated carbocycles. The molecule has 1 aromatic rings. The number of aliphatic hydroxyl groups excluding tert-OH is 2. The molecule has 0 spiro atoms. The molecule has 0 radical (unpaired) electrons. The van der Waals surface area contributed by atoms with Crippen molar-refractivity contribution < 1.29 is 19.5 Å². The highest BCUT2D eigenvalue weighted by atomic mass is 16.5. The molecule has 0 saturated heterocycles. The Morgan fingerprint density at radius 2 is 2.12 bits per heavy atom. The van der Waals surface area contributed by atoms with Crippen LogP contribution in [0.25, 0.3) is 0 Å². The van der Waals surface area contributed by atoms with E-state index in [0.29, 0.717) is 17.0 Å². The van der Waals surface area contributed by atoms with Crippen molar-refractivity contribution in [2.45, 2.75) is 33.0 Å². The molecule has 0 aliphatic rings. The quantitative estimate of drug-likeness (QED) is 0.664. The molecular formula is C10H16N2O4. The summed E-state index contributed by atoms with van der Waals surface area (Å²) >= 11 is 0. The van der Waals surface area contributed by atoms with E-state index in [2.05, 4.69) is 10.5 Å². The van der Waals surface area contributed by atoms with Gasteiger partial charge in [0.15, 0.2) is 0 Å². The molecule has 0 aliphatic carbocycles. The van der Waals surface area contributed by atoms with Gasteiger partial charge in [-0.15, -0.1) is 0 Å². The molecule has 16 heavy (non-hydrogen) atoms. The van der Waals surface area contributed by atoms with Gasteiger partial charge in [-0.05, 0) is 13.8 Å². The molecule has 1 aromatic heterocycles. The van der Waals surface area contributed by atoms with Gasteiger partial charge in [0.2, 0.25) is 5.91 Å². The maximum atomic E-state index is 10.7. The Morgan fingerprint density at radius 3 is 2.56 bits per heavy atom. The Kier molecular flexibility index (Phi) is 4.03. The number of aliphatic hydroxyl groups is 2. The first-order valence-electron chi connectivity index (χ1n) is 4.96. The third kappa shape index (κ3) is 2.80. The summed E-state index contributed by atoms with van der Waals surface area (Å²) in [5.41, 5.74) is 1.00. The Morgan fingerprint density at radius 1 is 1.50 bits per heavy atom. The largest absolute Gasteiger partial charge is 0.388 e. The van der Waals surface area contributed by atoms with Gasteiger partial charge in [0.25, 0.3) is 0 Å². The van der Waals surface area contributed by atoms with Crippen LogP contribution in [0.4, 0.5) is 0 Å². The molecule has 1 amide bonds. The molecule has 90 valence electrons. The molecule has 2 atom stereocenters. The van der Waals surface area contributed by atoms with E-state index >= 15 is 0 Å². The first-order chi connectivity index (χ1) is 7.43. The van der Waals surface area contributed by atoms with Crippen molar-refractivity contribution in [3.8, 4) is 0 Å². The van der Waals surface area contributed by atoms with Gasteiger partial charge in [0.05, 0.1) is 5.69 Å². The topological polar surface area (TPSA) is 95.6 Å². The second-order valence-corrected chi connectivity index (χ2v) is 3.69. The highest BCUT2D eigenvalue weighted by Gasteiger charge is 2.25. The van der Waals surface area contributed by atoms with E-state index in [1.807, 2.05) is 0 Å². The average Bonchev–Trinajstić information content (AvgIpc) is 2.54. The molecule has 6 heteroatoms. The van der Waals surface area contributed by atoms with Gasteiger partial charge in [0.1, 0.15) is 18.0 Å². The van der Waals surface area contributed by atoms with Crippen molar-refractivity contribution in [1.82, 2.24) is 10.5 Å². The van der Waals surface area contributed by atoms with Crippen molar-refractivity contribution in [1.29, 1.82) is 0 Å². The van der Waals surface area contributed by atoms with Crippen LogP contribution in [-0.2, 0) is 4.79 Å². The predicted octanol–water partition coefficient (Wildman–Crippen LogP) is -0.178. The van der Waals surface area contributed by atoms with Gasteiger partial charge >= 0.3 is 0 Å². The highest BCUT2D eigenvalue weighted by molar-refractivity contribution is 5.72. The molecule has 0 aromatic carbocycles. The van der Waals surface area contributed by atoms with Crippen LogP contribution in [0.2, 0.25) is 0 Å². The third-order valence-corrected chi connectivity index (χ3v) is 2.31. The van der Waals surface area contributed by atoms with Crippen molar-refractivity contribution >= 4 is 5.91 Å². The van der Waals surface area contributed by atoms with E-state index < -0.39 is 12.2 Å². The zero-order valence-electron chi connectivity index (χ0n) is 9.52. The molecule has 6 nitrogen and oxygen atoms in total. The summed E-state index contributed by atoms with van der Waals surface area (Å²) in [6.07, 6.45) is -2.20. The Hall–Kier alpha value is -1.40. The fourth-order valence-electron chi connectivity index (χ4n) is 1.46. The van der Waals surface area contributed by atoms with Crippen molar-refractivity contribution in [3.05, 3.63) is 17.0 Å². The van der Waals surface area contributed by atoms with Gasteiger partial charge in [-0.1, -0.05) is 5.16 Å². The van der Waals surface area contributed by atoms with Crippen molar-refractivity contribution in [2.75, 3.05) is 6.54 Å². The third-order valence-electron chi connectivity index (χ3n) is 2.31. The number of hydrogen-bond donors (Lipinski definition) is 3. The summed E-state index contributed by atoms with van der Waals surface area (Å²) in [5.74, 6) is 0.205. The van der Waals surface area contributed by atoms with Crippen LogP contribution >= 0.6 is 0 Å². The van der Waals surface area contributed by atoms with Crippen LogP contribution < -0.4 is 5.32 Å². The van der Waals surface area contributed by atoms with Crippen molar-refractivity contribution in [2.24, 2.45) is 0 Å². The number of carbonyl (C=O) groups excluding carboxylic acids is 1. The Bertz CT molecular complexity index is 355. The molecule has 1 rings (SSSR count). The van der Waals surface area contributed by atoms with Crippen LogP contribution in [0.3, 0.4) is 0 Å². The summed E-state index contributed by atoms with van der Waals surface area (Å²) in [7, 11) is 0. The normalized spacial score (nSPS) is 14.6. The van der Waals surface area contributed by atoms with Gasteiger partial charge in [-0.2, -0.15) is 0 Å². The highest BCUT2D eigenvalue weighted by Crippen LogP contribution is 2.23. The minimum absolute atomic E-state index is 0.0133. The maximum absolute atomic E-state index is 10.7. The monoisotopic (exact) mass is 228 g/mol. The lowest BCUT2D eigenvalue weighted by Crippen LogP contribution is -2.34. The van der Waals surface area contributed by atoms with Crippen LogP contribution in [0.1, 0.15) is 30.0 Å². The minimum Gasteiger partial charge on any atom is -0.388 e. The average molecular weight is 228 g/mol. The number of aryl methyl sites for hydroxylation is 2. The van der Waals surface area contributed by atoms with Gasteiger partial charge in [-0.25, -0.2) is 0 Å². The molecule has 2 unspecified atom stereocenters. The van der Waals surface area contributed by atoms with Gasteiger partial charge in [-0.3, -0.25) is 4.79 Å². The molecule has 3 N–H and O–H groups in total. The van der Waals surface area contributed by atoms with Crippen LogP contribution in [-0.4, -0.2) is 33.9 Å². The predicted molar refractivity (Wildman–Crippen MR) is 55.6 cm³/mol. The Balaban J connectivity index is 2.70. The molecule has 1 heterocycles. The van der Waals surface area contributed by atoms with E-state index in [0.717, 1.165) is 0 Å². The minimum atomic E-state index is -1.11. The lowest BCUT2D eigenvalue weighted by Gasteiger charge is -2.17. The van der Waals surface area contributed by atoms with Crippen molar-refractivity contribution in [3.63, 3.8) is 0 Å². The van der Waals surface area contributed by atoms with E-state index in [1.165, 1.54) is 6.92 Å². The standard InChI is InChI=1S/C10H16N2O4/c1-5-9(6(2)16-12-5)10(15)8(14)4-11-7(3)13/h8,10,14-15H,4H2,1-3H3,(H,11,13). The SMILES string of the molecule is CC(=O)NCC(O)C(O)c1c(C)noc1C. The van der Waals surface area contributed by atoms with E-state index in [4.69, 9.17) is 4.52 Å². The first-order valence-corrected chi connectivity index (χ1v) is 4.96. The van der Waals surface area contributed by atoms with Gasteiger partial charge in [0, 0.05) is 19.0 Å². The number of nitrogens with zero attached hydrogens (tertiary/aromatic N) is 1. The summed E-state index contributed by atoms with van der Waals surface area (Å²) in [6.45, 7) is 4.67. The Labute approximate surface area is 93.3 Å². The second kappa shape index (κ2) is 5.09. The fourth-order valence-corrected chi connectivity index (χ4v) is 1.46. The number of carbonyl (C=O) groups is 1. The summed E-state index contributed by atoms with van der Waals surface area (Å²) < 4.78 is 4.88. The van der Waals surface area contributed by atoms with E-state index in [9.17, 15) is 15.0 Å². The second-order valence-electron chi connectivity index (χ2n) is 3.69. The maximum Gasteiger partial charge on any atom is 0.216 e. The number of nitrogens with one attached hydrogen (secondary N) is 1.